The molecule has 3 rings (SSSR count). The van der Waals surface area contributed by atoms with Gasteiger partial charge in [0.2, 0.25) is 0 Å². The lowest BCUT2D eigenvalue weighted by Crippen LogP contribution is -1.90. The molecule has 1 aliphatic carbocycles. The van der Waals surface area contributed by atoms with Gasteiger partial charge in [0.1, 0.15) is 5.76 Å². The Morgan fingerprint density at radius 2 is 1.83 bits per heavy atom. The first-order chi connectivity index (χ1) is 8.79. The Labute approximate surface area is 112 Å². The molecule has 90 valence electrons. The molecule has 0 radical (unpaired) electrons. The van der Waals surface area contributed by atoms with E-state index in [1.165, 1.54) is 16.7 Å². The van der Waals surface area contributed by atoms with E-state index in [9.17, 15) is 0 Å². The molecule has 1 aliphatic rings. The maximum atomic E-state index is 6.10. The number of benzene rings is 2. The standard InChI is InChI=1S/C16H13ClO/c1-18-15-9-12-7-8-13(17)10-14(12)16(15)11-5-3-2-4-6-11/h2-8,10H,9H2,1H3. The smallest absolute Gasteiger partial charge is 0.108 e. The van der Waals surface area contributed by atoms with Gasteiger partial charge < -0.3 is 4.74 Å². The predicted octanol–water partition coefficient (Wildman–Crippen LogP) is 4.30. The molecule has 2 aromatic carbocycles. The van der Waals surface area contributed by atoms with E-state index in [1.807, 2.05) is 30.3 Å². The molecule has 0 unspecified atom stereocenters. The first-order valence-corrected chi connectivity index (χ1v) is 6.29. The second-order valence-electron chi connectivity index (χ2n) is 4.35. The Kier molecular flexibility index (Phi) is 2.85. The summed E-state index contributed by atoms with van der Waals surface area (Å²) in [7, 11) is 1.73. The number of rotatable bonds is 2. The van der Waals surface area contributed by atoms with Crippen LogP contribution in [0.4, 0.5) is 0 Å². The van der Waals surface area contributed by atoms with E-state index >= 15 is 0 Å². The van der Waals surface area contributed by atoms with Crippen molar-refractivity contribution in [2.75, 3.05) is 7.11 Å². The first kappa shape index (κ1) is 11.4. The van der Waals surface area contributed by atoms with E-state index in [-0.39, 0.29) is 0 Å². The highest BCUT2D eigenvalue weighted by Gasteiger charge is 2.23. The van der Waals surface area contributed by atoms with Gasteiger partial charge in [0.15, 0.2) is 0 Å². The van der Waals surface area contributed by atoms with Crippen LogP contribution in [0.3, 0.4) is 0 Å². The van der Waals surface area contributed by atoms with Crippen LogP contribution in [-0.2, 0) is 11.2 Å². The summed E-state index contributed by atoms with van der Waals surface area (Å²) in [5.41, 5.74) is 4.80. The number of methoxy groups -OCH3 is 1. The summed E-state index contributed by atoms with van der Waals surface area (Å²) in [6.45, 7) is 0. The summed E-state index contributed by atoms with van der Waals surface area (Å²) in [4.78, 5) is 0. The molecular formula is C16H13ClO. The third-order valence-corrected chi connectivity index (χ3v) is 3.52. The van der Waals surface area contributed by atoms with Crippen LogP contribution in [0.25, 0.3) is 5.57 Å². The number of ether oxygens (including phenoxy) is 1. The molecule has 0 saturated heterocycles. The van der Waals surface area contributed by atoms with E-state index in [2.05, 4.69) is 18.2 Å². The van der Waals surface area contributed by atoms with Gasteiger partial charge in [-0.05, 0) is 28.8 Å². The zero-order chi connectivity index (χ0) is 12.5. The molecule has 0 aliphatic heterocycles. The van der Waals surface area contributed by atoms with Gasteiger partial charge in [0, 0.05) is 17.0 Å². The zero-order valence-corrected chi connectivity index (χ0v) is 10.9. The molecule has 2 aromatic rings. The van der Waals surface area contributed by atoms with Crippen molar-refractivity contribution < 1.29 is 4.74 Å². The van der Waals surface area contributed by atoms with E-state index in [0.717, 1.165) is 22.8 Å². The van der Waals surface area contributed by atoms with Crippen LogP contribution >= 0.6 is 11.6 Å². The summed E-state index contributed by atoms with van der Waals surface area (Å²) in [5, 5.41) is 0.763. The van der Waals surface area contributed by atoms with E-state index < -0.39 is 0 Å². The third-order valence-electron chi connectivity index (χ3n) is 3.28. The van der Waals surface area contributed by atoms with E-state index in [4.69, 9.17) is 16.3 Å². The van der Waals surface area contributed by atoms with Crippen LogP contribution in [0.5, 0.6) is 0 Å². The van der Waals surface area contributed by atoms with Gasteiger partial charge in [-0.15, -0.1) is 0 Å². The lowest BCUT2D eigenvalue weighted by Gasteiger charge is -2.08. The van der Waals surface area contributed by atoms with Crippen LogP contribution in [-0.4, -0.2) is 7.11 Å². The van der Waals surface area contributed by atoms with Gasteiger partial charge >= 0.3 is 0 Å². The molecule has 0 aromatic heterocycles. The van der Waals surface area contributed by atoms with Crippen molar-refractivity contribution in [2.45, 2.75) is 6.42 Å². The number of hydrogen-bond acceptors (Lipinski definition) is 1. The minimum atomic E-state index is 0.763. The predicted molar refractivity (Wildman–Crippen MR) is 74.6 cm³/mol. The van der Waals surface area contributed by atoms with Crippen LogP contribution in [0.1, 0.15) is 16.7 Å². The van der Waals surface area contributed by atoms with Gasteiger partial charge in [-0.25, -0.2) is 0 Å². The average molecular weight is 257 g/mol. The molecule has 0 amide bonds. The maximum Gasteiger partial charge on any atom is 0.108 e. The van der Waals surface area contributed by atoms with Crippen molar-refractivity contribution in [3.05, 3.63) is 76.0 Å². The summed E-state index contributed by atoms with van der Waals surface area (Å²) >= 11 is 6.10. The highest BCUT2D eigenvalue weighted by Crippen LogP contribution is 2.38. The zero-order valence-electron chi connectivity index (χ0n) is 10.1. The highest BCUT2D eigenvalue weighted by atomic mass is 35.5. The molecule has 0 spiro atoms. The second kappa shape index (κ2) is 4.51. The number of allylic oxidation sites excluding steroid dienone is 1. The Hall–Kier alpha value is -1.73. The van der Waals surface area contributed by atoms with E-state index in [1.54, 1.807) is 7.11 Å². The molecule has 0 atom stereocenters. The summed E-state index contributed by atoms with van der Waals surface area (Å²) in [6, 6.07) is 16.3. The van der Waals surface area contributed by atoms with Gasteiger partial charge in [0.25, 0.3) is 0 Å². The van der Waals surface area contributed by atoms with Crippen molar-refractivity contribution in [1.82, 2.24) is 0 Å². The van der Waals surface area contributed by atoms with Gasteiger partial charge in [-0.2, -0.15) is 0 Å². The fourth-order valence-corrected chi connectivity index (χ4v) is 2.61. The maximum absolute atomic E-state index is 6.10. The average Bonchev–Trinajstić information content (AvgIpc) is 2.77. The Balaban J connectivity index is 2.20. The Bertz CT molecular complexity index is 614. The topological polar surface area (TPSA) is 9.23 Å². The molecule has 1 nitrogen and oxygen atoms in total. The minimum Gasteiger partial charge on any atom is -0.500 e. The van der Waals surface area contributed by atoms with Gasteiger partial charge in [0.05, 0.1) is 7.11 Å². The Morgan fingerprint density at radius 3 is 2.56 bits per heavy atom. The quantitative estimate of drug-likeness (QED) is 0.778. The van der Waals surface area contributed by atoms with Gasteiger partial charge in [-0.1, -0.05) is 48.0 Å². The largest absolute Gasteiger partial charge is 0.500 e. The fourth-order valence-electron chi connectivity index (χ4n) is 2.44. The van der Waals surface area contributed by atoms with Crippen LogP contribution < -0.4 is 0 Å². The molecular weight excluding hydrogens is 244 g/mol. The molecule has 0 saturated carbocycles. The third kappa shape index (κ3) is 1.81. The molecule has 0 bridgehead atoms. The molecule has 2 heteroatoms. The monoisotopic (exact) mass is 256 g/mol. The van der Waals surface area contributed by atoms with Gasteiger partial charge in [-0.3, -0.25) is 0 Å². The summed E-state index contributed by atoms with van der Waals surface area (Å²) in [5.74, 6) is 1.01. The fraction of sp³-hybridized carbons (Fsp3) is 0.125. The lowest BCUT2D eigenvalue weighted by atomic mass is 9.99. The molecule has 0 heterocycles. The SMILES string of the molecule is COC1=C(c2ccccc2)c2cc(Cl)ccc2C1. The highest BCUT2D eigenvalue weighted by molar-refractivity contribution is 6.30. The number of fused-ring (bicyclic) bond motifs is 1. The van der Waals surface area contributed by atoms with Crippen molar-refractivity contribution in [3.8, 4) is 0 Å². The summed E-state index contributed by atoms with van der Waals surface area (Å²) in [6.07, 6.45) is 0.841. The molecule has 0 N–H and O–H groups in total. The van der Waals surface area contributed by atoms with Crippen molar-refractivity contribution in [1.29, 1.82) is 0 Å². The minimum absolute atomic E-state index is 0.763. The van der Waals surface area contributed by atoms with Crippen LogP contribution in [0.15, 0.2) is 54.3 Å². The molecule has 18 heavy (non-hydrogen) atoms. The van der Waals surface area contributed by atoms with Crippen LogP contribution in [0, 0.1) is 0 Å². The van der Waals surface area contributed by atoms with Crippen molar-refractivity contribution >= 4 is 17.2 Å². The van der Waals surface area contributed by atoms with Crippen molar-refractivity contribution in [2.24, 2.45) is 0 Å². The van der Waals surface area contributed by atoms with Crippen molar-refractivity contribution in [3.63, 3.8) is 0 Å². The lowest BCUT2D eigenvalue weighted by molar-refractivity contribution is 0.288. The first-order valence-electron chi connectivity index (χ1n) is 5.91. The van der Waals surface area contributed by atoms with E-state index in [0.29, 0.717) is 0 Å². The Morgan fingerprint density at radius 1 is 1.06 bits per heavy atom. The normalized spacial score (nSPS) is 13.7. The number of halogens is 1. The summed E-state index contributed by atoms with van der Waals surface area (Å²) < 4.78 is 5.54. The second-order valence-corrected chi connectivity index (χ2v) is 4.78. The number of hydrogen-bond donors (Lipinski definition) is 0. The van der Waals surface area contributed by atoms with Crippen LogP contribution in [0.2, 0.25) is 5.02 Å². The molecule has 0 fully saturated rings.